The van der Waals surface area contributed by atoms with Crippen molar-refractivity contribution in [2.45, 2.75) is 30.8 Å². The molecule has 0 amide bonds. The molecule has 3 rings (SSSR count). The average Bonchev–Trinajstić information content (AvgIpc) is 2.55. The standard InChI is InChI=1S/C17H20N2O2S/c1-13-17-5-3-2-4-15(17)10-11-19(13)22(20,21)16-8-6-14(12-18)7-9-16/h2-9,13H,10-12,18H2,1H3/t13-/m0/s1. The van der Waals surface area contributed by atoms with E-state index in [9.17, 15) is 8.42 Å². The summed E-state index contributed by atoms with van der Waals surface area (Å²) in [7, 11) is -3.49. The second-order valence-corrected chi connectivity index (χ2v) is 7.48. The van der Waals surface area contributed by atoms with Crippen LogP contribution in [0.25, 0.3) is 0 Å². The maximum Gasteiger partial charge on any atom is 0.243 e. The van der Waals surface area contributed by atoms with Crippen molar-refractivity contribution in [1.82, 2.24) is 4.31 Å². The molecule has 0 radical (unpaired) electrons. The Morgan fingerprint density at radius 3 is 2.50 bits per heavy atom. The molecule has 0 fully saturated rings. The summed E-state index contributed by atoms with van der Waals surface area (Å²) in [6.07, 6.45) is 0.751. The number of benzene rings is 2. The Hall–Kier alpha value is -1.69. The monoisotopic (exact) mass is 316 g/mol. The van der Waals surface area contributed by atoms with Gasteiger partial charge in [0.25, 0.3) is 0 Å². The van der Waals surface area contributed by atoms with Gasteiger partial charge >= 0.3 is 0 Å². The van der Waals surface area contributed by atoms with Gasteiger partial charge in [0.15, 0.2) is 0 Å². The van der Waals surface area contributed by atoms with Crippen LogP contribution in [0.3, 0.4) is 0 Å². The lowest BCUT2D eigenvalue weighted by molar-refractivity contribution is 0.326. The number of hydrogen-bond acceptors (Lipinski definition) is 3. The molecule has 1 aliphatic rings. The second kappa shape index (κ2) is 5.83. The zero-order valence-electron chi connectivity index (χ0n) is 12.6. The molecule has 22 heavy (non-hydrogen) atoms. The molecule has 0 unspecified atom stereocenters. The van der Waals surface area contributed by atoms with E-state index >= 15 is 0 Å². The minimum absolute atomic E-state index is 0.149. The normalized spacial score (nSPS) is 18.9. The van der Waals surface area contributed by atoms with Gasteiger partial charge in [-0.25, -0.2) is 8.42 Å². The second-order valence-electron chi connectivity index (χ2n) is 5.59. The van der Waals surface area contributed by atoms with E-state index in [-0.39, 0.29) is 6.04 Å². The number of rotatable bonds is 3. The predicted molar refractivity (Wildman–Crippen MR) is 86.8 cm³/mol. The van der Waals surface area contributed by atoms with Crippen molar-refractivity contribution in [2.75, 3.05) is 6.54 Å². The minimum Gasteiger partial charge on any atom is -0.326 e. The maximum absolute atomic E-state index is 12.9. The van der Waals surface area contributed by atoms with Gasteiger partial charge in [0, 0.05) is 19.1 Å². The van der Waals surface area contributed by atoms with Gasteiger partial charge in [0.05, 0.1) is 4.90 Å². The van der Waals surface area contributed by atoms with Gasteiger partial charge in [-0.2, -0.15) is 4.31 Å². The summed E-state index contributed by atoms with van der Waals surface area (Å²) in [5.74, 6) is 0. The maximum atomic E-state index is 12.9. The molecule has 2 aromatic carbocycles. The smallest absolute Gasteiger partial charge is 0.243 e. The Balaban J connectivity index is 1.96. The Bertz CT molecular complexity index is 770. The first-order valence-electron chi connectivity index (χ1n) is 7.42. The van der Waals surface area contributed by atoms with Crippen LogP contribution in [0.15, 0.2) is 53.4 Å². The SMILES string of the molecule is C[C@H]1c2ccccc2CCN1S(=O)(=O)c1ccc(CN)cc1. The van der Waals surface area contributed by atoms with E-state index in [0.29, 0.717) is 18.0 Å². The van der Waals surface area contributed by atoms with Crippen molar-refractivity contribution in [3.63, 3.8) is 0 Å². The fourth-order valence-corrected chi connectivity index (χ4v) is 4.62. The largest absolute Gasteiger partial charge is 0.326 e. The predicted octanol–water partition coefficient (Wildman–Crippen LogP) is 2.45. The van der Waals surface area contributed by atoms with Gasteiger partial charge in [-0.3, -0.25) is 0 Å². The highest BCUT2D eigenvalue weighted by Crippen LogP contribution is 2.33. The summed E-state index contributed by atoms with van der Waals surface area (Å²) in [6, 6.07) is 14.7. The van der Waals surface area contributed by atoms with Crippen LogP contribution in [-0.4, -0.2) is 19.3 Å². The summed E-state index contributed by atoms with van der Waals surface area (Å²) in [4.78, 5) is 0.330. The number of nitrogens with zero attached hydrogens (tertiary/aromatic N) is 1. The molecule has 2 N–H and O–H groups in total. The molecule has 0 saturated heterocycles. The quantitative estimate of drug-likeness (QED) is 0.946. The highest BCUT2D eigenvalue weighted by molar-refractivity contribution is 7.89. The number of fused-ring (bicyclic) bond motifs is 1. The molecular formula is C17H20N2O2S. The fraction of sp³-hybridized carbons (Fsp3) is 0.294. The lowest BCUT2D eigenvalue weighted by Crippen LogP contribution is -2.38. The molecule has 5 heteroatoms. The first-order valence-corrected chi connectivity index (χ1v) is 8.86. The minimum atomic E-state index is -3.49. The van der Waals surface area contributed by atoms with Gasteiger partial charge in [0.2, 0.25) is 10.0 Å². The highest BCUT2D eigenvalue weighted by Gasteiger charge is 2.33. The molecular weight excluding hydrogens is 296 g/mol. The molecule has 1 heterocycles. The van der Waals surface area contributed by atoms with Crippen LogP contribution in [0.2, 0.25) is 0 Å². The van der Waals surface area contributed by atoms with Crippen LogP contribution in [0.1, 0.15) is 29.7 Å². The molecule has 0 spiro atoms. The molecule has 0 aromatic heterocycles. The Kier molecular flexibility index (Phi) is 4.04. The van der Waals surface area contributed by atoms with Crippen LogP contribution in [-0.2, 0) is 23.0 Å². The summed E-state index contributed by atoms with van der Waals surface area (Å²) in [5.41, 5.74) is 8.82. The first-order chi connectivity index (χ1) is 10.5. The van der Waals surface area contributed by atoms with Gasteiger partial charge < -0.3 is 5.73 Å². The molecule has 0 saturated carbocycles. The number of hydrogen-bond donors (Lipinski definition) is 1. The summed E-state index contributed by atoms with van der Waals surface area (Å²) < 4.78 is 27.4. The molecule has 4 nitrogen and oxygen atoms in total. The van der Waals surface area contributed by atoms with Gasteiger partial charge in [-0.1, -0.05) is 36.4 Å². The molecule has 0 bridgehead atoms. The van der Waals surface area contributed by atoms with Crippen molar-refractivity contribution in [3.8, 4) is 0 Å². The van der Waals surface area contributed by atoms with Crippen molar-refractivity contribution >= 4 is 10.0 Å². The van der Waals surface area contributed by atoms with E-state index in [1.165, 1.54) is 5.56 Å². The summed E-state index contributed by atoms with van der Waals surface area (Å²) >= 11 is 0. The van der Waals surface area contributed by atoms with E-state index in [0.717, 1.165) is 17.5 Å². The van der Waals surface area contributed by atoms with E-state index < -0.39 is 10.0 Å². The topological polar surface area (TPSA) is 63.4 Å². The van der Waals surface area contributed by atoms with E-state index in [4.69, 9.17) is 5.73 Å². The van der Waals surface area contributed by atoms with Crippen molar-refractivity contribution in [2.24, 2.45) is 5.73 Å². The number of sulfonamides is 1. The lowest BCUT2D eigenvalue weighted by Gasteiger charge is -2.34. The molecule has 2 aromatic rings. The van der Waals surface area contributed by atoms with Crippen LogP contribution >= 0.6 is 0 Å². The van der Waals surface area contributed by atoms with Gasteiger partial charge in [-0.05, 0) is 42.2 Å². The zero-order valence-corrected chi connectivity index (χ0v) is 13.4. The van der Waals surface area contributed by atoms with Crippen molar-refractivity contribution in [1.29, 1.82) is 0 Å². The highest BCUT2D eigenvalue weighted by atomic mass is 32.2. The molecule has 1 aliphatic heterocycles. The molecule has 116 valence electrons. The molecule has 1 atom stereocenters. The third-order valence-corrected chi connectivity index (χ3v) is 6.29. The lowest BCUT2D eigenvalue weighted by atomic mass is 9.96. The zero-order chi connectivity index (χ0) is 15.7. The number of nitrogens with two attached hydrogens (primary N) is 1. The Labute approximate surface area is 131 Å². The van der Waals surface area contributed by atoms with Gasteiger partial charge in [-0.15, -0.1) is 0 Å². The molecule has 0 aliphatic carbocycles. The summed E-state index contributed by atoms with van der Waals surface area (Å²) in [5, 5.41) is 0. The Morgan fingerprint density at radius 1 is 1.14 bits per heavy atom. The average molecular weight is 316 g/mol. The van der Waals surface area contributed by atoms with Crippen LogP contribution in [0.5, 0.6) is 0 Å². The van der Waals surface area contributed by atoms with Crippen LogP contribution in [0, 0.1) is 0 Å². The third kappa shape index (κ3) is 2.56. The van der Waals surface area contributed by atoms with Crippen LogP contribution < -0.4 is 5.73 Å². The van der Waals surface area contributed by atoms with Gasteiger partial charge in [0.1, 0.15) is 0 Å². The van der Waals surface area contributed by atoms with Crippen molar-refractivity contribution in [3.05, 3.63) is 65.2 Å². The Morgan fingerprint density at radius 2 is 1.82 bits per heavy atom. The van der Waals surface area contributed by atoms with Crippen LogP contribution in [0.4, 0.5) is 0 Å². The van der Waals surface area contributed by atoms with E-state index in [1.54, 1.807) is 28.6 Å². The van der Waals surface area contributed by atoms with E-state index in [2.05, 4.69) is 6.07 Å². The fourth-order valence-electron chi connectivity index (χ4n) is 3.01. The van der Waals surface area contributed by atoms with E-state index in [1.807, 2.05) is 25.1 Å². The third-order valence-electron chi connectivity index (χ3n) is 4.30. The van der Waals surface area contributed by atoms with Crippen molar-refractivity contribution < 1.29 is 8.42 Å². The summed E-state index contributed by atoms with van der Waals surface area (Å²) in [6.45, 7) is 2.87. The first kappa shape index (κ1) is 15.2.